The quantitative estimate of drug-likeness (QED) is 0.306. The Morgan fingerprint density at radius 2 is 1.11 bits per heavy atom. The predicted molar refractivity (Wildman–Crippen MR) is 82.7 cm³/mol. The molecular weight excluding hydrogens is 427 g/mol. The third-order valence-electron chi connectivity index (χ3n) is 2.59. The molecule has 0 heterocycles. The molecule has 0 fully saturated rings. The van der Waals surface area contributed by atoms with Gasteiger partial charge in [0.25, 0.3) is 0 Å². The summed E-state index contributed by atoms with van der Waals surface area (Å²) in [7, 11) is 0. The van der Waals surface area contributed by atoms with Crippen molar-refractivity contribution >= 4 is 104 Å². The molecule has 0 unspecified atom stereocenters. The van der Waals surface area contributed by atoms with Gasteiger partial charge in [0.15, 0.2) is 13.0 Å². The Morgan fingerprint density at radius 1 is 0.667 bits per heavy atom. The number of hydrogen-bond acceptors (Lipinski definition) is 0. The van der Waals surface area contributed by atoms with Gasteiger partial charge in [0.1, 0.15) is 0 Å². The maximum atomic E-state index is 6.15. The molecule has 1 aliphatic rings. The lowest BCUT2D eigenvalue weighted by Gasteiger charge is -2.32. The van der Waals surface area contributed by atoms with E-state index in [1.165, 1.54) is 6.07 Å². The van der Waals surface area contributed by atoms with Gasteiger partial charge in [-0.05, 0) is 6.07 Å². The van der Waals surface area contributed by atoms with Crippen molar-refractivity contribution in [1.82, 2.24) is 0 Å². The van der Waals surface area contributed by atoms with Gasteiger partial charge in [0, 0.05) is 16.1 Å². The minimum absolute atomic E-state index is 0.0508. The molecule has 0 spiro atoms. The summed E-state index contributed by atoms with van der Waals surface area (Å²) in [6.07, 6.45) is 0. The van der Waals surface area contributed by atoms with Crippen LogP contribution in [-0.2, 0) is 8.67 Å². The second kappa shape index (κ2) is 4.66. The first kappa shape index (κ1) is 16.2. The van der Waals surface area contributed by atoms with Gasteiger partial charge < -0.3 is 0 Å². The molecule has 9 heteroatoms. The van der Waals surface area contributed by atoms with Crippen LogP contribution in [-0.4, -0.2) is 4.33 Å². The van der Waals surface area contributed by atoms with Gasteiger partial charge in [0.05, 0.1) is 10.0 Å². The van der Waals surface area contributed by atoms with E-state index in [-0.39, 0.29) is 26.2 Å². The summed E-state index contributed by atoms with van der Waals surface area (Å²) in [5, 5.41) is 0.314. The lowest BCUT2D eigenvalue weighted by atomic mass is 10.1. The molecule has 0 radical (unpaired) electrons. The number of hydrogen-bond donors (Lipinski definition) is 0. The van der Waals surface area contributed by atoms with Crippen molar-refractivity contribution in [3.05, 3.63) is 32.3 Å². The Kier molecular flexibility index (Phi) is 4.20. The summed E-state index contributed by atoms with van der Waals surface area (Å²) in [5.41, 5.74) is 0.261. The highest BCUT2D eigenvalue weighted by Gasteiger charge is 2.70. The highest BCUT2D eigenvalue weighted by atomic mass is 35.5. The summed E-state index contributed by atoms with van der Waals surface area (Å²) in [5.74, 6) is 0. The zero-order valence-corrected chi connectivity index (χ0v) is 14.8. The average Bonchev–Trinajstić information content (AvgIpc) is 2.31. The van der Waals surface area contributed by atoms with Gasteiger partial charge in [-0.2, -0.15) is 0 Å². The number of rotatable bonds is 0. The van der Waals surface area contributed by atoms with E-state index >= 15 is 0 Å². The zero-order chi connectivity index (χ0) is 14.1. The fraction of sp³-hybridized carbons (Fsp3) is 0.333. The van der Waals surface area contributed by atoms with E-state index in [0.717, 1.165) is 0 Å². The molecule has 0 aliphatic heterocycles. The van der Waals surface area contributed by atoms with Gasteiger partial charge in [0.2, 0.25) is 0 Å². The second-order valence-electron chi connectivity index (χ2n) is 3.63. The summed E-state index contributed by atoms with van der Waals surface area (Å²) in [6.45, 7) is 0. The lowest BCUT2D eigenvalue weighted by Crippen LogP contribution is -2.38. The smallest absolute Gasteiger partial charge is 0.0941 e. The molecule has 0 bridgehead atoms. The van der Waals surface area contributed by atoms with E-state index in [9.17, 15) is 0 Å². The minimum Gasteiger partial charge on any atom is -0.0941 e. The van der Waals surface area contributed by atoms with Crippen LogP contribution >= 0.6 is 104 Å². The Balaban J connectivity index is 2.96. The Morgan fingerprint density at radius 3 is 1.61 bits per heavy atom. The molecule has 0 saturated heterocycles. The molecule has 18 heavy (non-hydrogen) atoms. The van der Waals surface area contributed by atoms with Crippen molar-refractivity contribution in [3.63, 3.8) is 0 Å². The van der Waals surface area contributed by atoms with Crippen LogP contribution < -0.4 is 0 Å². The molecule has 0 N–H and O–H groups in total. The maximum absolute atomic E-state index is 6.15. The van der Waals surface area contributed by atoms with E-state index < -0.39 is 13.0 Å². The third-order valence-corrected chi connectivity index (χ3v) is 7.47. The molecule has 0 saturated carbocycles. The van der Waals surface area contributed by atoms with Crippen molar-refractivity contribution < 1.29 is 0 Å². The topological polar surface area (TPSA) is 0 Å². The van der Waals surface area contributed by atoms with Gasteiger partial charge in [-0.3, -0.25) is 0 Å². The minimum atomic E-state index is -1.95. The highest BCUT2D eigenvalue weighted by Crippen LogP contribution is 2.72. The molecular formula is C9HCl9. The van der Waals surface area contributed by atoms with Crippen LogP contribution in [0, 0.1) is 0 Å². The van der Waals surface area contributed by atoms with Crippen molar-refractivity contribution in [1.29, 1.82) is 0 Å². The van der Waals surface area contributed by atoms with Crippen LogP contribution in [0.1, 0.15) is 11.1 Å². The van der Waals surface area contributed by atoms with Crippen LogP contribution in [0.3, 0.4) is 0 Å². The van der Waals surface area contributed by atoms with Gasteiger partial charge >= 0.3 is 0 Å². The van der Waals surface area contributed by atoms with Crippen LogP contribution in [0.5, 0.6) is 0 Å². The molecule has 0 aromatic heterocycles. The number of alkyl halides is 6. The number of fused-ring (bicyclic) bond motifs is 1. The number of benzene rings is 1. The predicted octanol–water partition coefficient (Wildman–Crippen LogP) is 7.10. The summed E-state index contributed by atoms with van der Waals surface area (Å²) in [4.78, 5) is 0. The SMILES string of the molecule is Clc1cc(Cl)c2c(c1Cl)C(Cl)(Cl)C(Cl)(Cl)C2(Cl)Cl. The third kappa shape index (κ3) is 1.88. The Hall–Kier alpha value is 1.83. The van der Waals surface area contributed by atoms with E-state index in [2.05, 4.69) is 0 Å². The molecule has 1 aromatic carbocycles. The van der Waals surface area contributed by atoms with Crippen LogP contribution in [0.4, 0.5) is 0 Å². The average molecular weight is 428 g/mol. The standard InChI is InChI=1S/C9HCl9/c10-2-1-3(11)6(12)5-4(2)7(13,14)9(17,18)8(5,15)16/h1H. The van der Waals surface area contributed by atoms with Crippen LogP contribution in [0.2, 0.25) is 15.1 Å². The van der Waals surface area contributed by atoms with Crippen LogP contribution in [0.15, 0.2) is 6.07 Å². The number of halogens is 9. The lowest BCUT2D eigenvalue weighted by molar-refractivity contribution is 0.687. The highest BCUT2D eigenvalue weighted by molar-refractivity contribution is 6.71. The van der Waals surface area contributed by atoms with Crippen LogP contribution in [0.25, 0.3) is 0 Å². The zero-order valence-electron chi connectivity index (χ0n) is 7.98. The molecule has 0 nitrogen and oxygen atoms in total. The molecule has 1 aromatic rings. The van der Waals surface area contributed by atoms with Crippen molar-refractivity contribution in [3.8, 4) is 0 Å². The molecule has 0 amide bonds. The largest absolute Gasteiger partial charge is 0.192 e. The summed E-state index contributed by atoms with van der Waals surface area (Å²) >= 11 is 54.8. The fourth-order valence-corrected chi connectivity index (χ4v) is 4.71. The van der Waals surface area contributed by atoms with E-state index in [0.29, 0.717) is 0 Å². The van der Waals surface area contributed by atoms with Gasteiger partial charge in [-0.1, -0.05) is 104 Å². The second-order valence-corrected chi connectivity index (χ2v) is 8.80. The van der Waals surface area contributed by atoms with E-state index in [1.807, 2.05) is 0 Å². The van der Waals surface area contributed by atoms with E-state index in [1.54, 1.807) is 0 Å². The molecule has 0 atom stereocenters. The van der Waals surface area contributed by atoms with Crippen molar-refractivity contribution in [2.45, 2.75) is 13.0 Å². The van der Waals surface area contributed by atoms with Crippen molar-refractivity contribution in [2.24, 2.45) is 0 Å². The Labute approximate surface area is 148 Å². The van der Waals surface area contributed by atoms with E-state index in [4.69, 9.17) is 104 Å². The van der Waals surface area contributed by atoms with Crippen molar-refractivity contribution in [2.75, 3.05) is 0 Å². The fourth-order valence-electron chi connectivity index (χ4n) is 1.71. The first-order valence-corrected chi connectivity index (χ1v) is 7.68. The summed E-state index contributed by atoms with van der Waals surface area (Å²) in [6, 6.07) is 1.36. The molecule has 2 rings (SSSR count). The van der Waals surface area contributed by atoms with Gasteiger partial charge in [-0.25, -0.2) is 0 Å². The summed E-state index contributed by atoms with van der Waals surface area (Å²) < 4.78 is -5.65. The molecule has 100 valence electrons. The normalized spacial score (nSPS) is 22.9. The Bertz CT molecular complexity index is 531. The van der Waals surface area contributed by atoms with Gasteiger partial charge in [-0.15, -0.1) is 0 Å². The monoisotopic (exact) mass is 424 g/mol. The maximum Gasteiger partial charge on any atom is 0.192 e. The first-order chi connectivity index (χ1) is 7.96. The first-order valence-electron chi connectivity index (χ1n) is 4.28. The molecule has 1 aliphatic carbocycles.